The summed E-state index contributed by atoms with van der Waals surface area (Å²) in [7, 11) is 0. The maximum atomic E-state index is 12.0. The smallest absolute Gasteiger partial charge is 0.422 e. The zero-order chi connectivity index (χ0) is 16.3. The minimum Gasteiger partial charge on any atom is -0.468 e. The highest BCUT2D eigenvalue weighted by Gasteiger charge is 2.28. The molecule has 0 spiro atoms. The highest BCUT2D eigenvalue weighted by molar-refractivity contribution is 7.11. The lowest BCUT2D eigenvalue weighted by Gasteiger charge is -2.08. The van der Waals surface area contributed by atoms with Gasteiger partial charge in [0.1, 0.15) is 10.0 Å². The van der Waals surface area contributed by atoms with E-state index in [0.29, 0.717) is 19.0 Å². The van der Waals surface area contributed by atoms with Crippen LogP contribution in [-0.2, 0) is 13.1 Å². The van der Waals surface area contributed by atoms with Crippen molar-refractivity contribution >= 4 is 11.3 Å². The molecule has 1 aliphatic carbocycles. The third-order valence-corrected chi connectivity index (χ3v) is 4.28. The zero-order valence-corrected chi connectivity index (χ0v) is 13.0. The van der Waals surface area contributed by atoms with E-state index in [-0.39, 0.29) is 5.88 Å². The Morgan fingerprint density at radius 3 is 2.70 bits per heavy atom. The molecular weight excluding hydrogens is 329 g/mol. The van der Waals surface area contributed by atoms with Gasteiger partial charge in [0.25, 0.3) is 0 Å². The molecule has 3 rings (SSSR count). The Hall–Kier alpha value is -1.74. The van der Waals surface area contributed by atoms with E-state index in [9.17, 15) is 13.2 Å². The molecule has 0 radical (unpaired) electrons. The van der Waals surface area contributed by atoms with Crippen LogP contribution in [0.5, 0.6) is 5.88 Å². The number of alkyl halides is 3. The van der Waals surface area contributed by atoms with Gasteiger partial charge in [0, 0.05) is 31.3 Å². The molecule has 1 N–H and O–H groups in total. The second-order valence-electron chi connectivity index (χ2n) is 5.32. The van der Waals surface area contributed by atoms with Crippen molar-refractivity contribution in [1.82, 2.24) is 20.5 Å². The van der Waals surface area contributed by atoms with Crippen LogP contribution in [0.4, 0.5) is 13.2 Å². The van der Waals surface area contributed by atoms with Gasteiger partial charge < -0.3 is 10.1 Å². The standard InChI is InChI=1S/C14H15F3N4OS/c15-14(16,17)8-22-11-4-1-9(6-19-11)5-18-7-12-20-21-13(23-12)10-2-3-10/h1,4,6,10,18H,2-3,5,7-8H2. The highest BCUT2D eigenvalue weighted by atomic mass is 32.1. The summed E-state index contributed by atoms with van der Waals surface area (Å²) in [4.78, 5) is 3.86. The number of pyridine rings is 1. The summed E-state index contributed by atoms with van der Waals surface area (Å²) in [5.41, 5.74) is 0.858. The van der Waals surface area contributed by atoms with Crippen LogP contribution in [0.2, 0.25) is 0 Å². The van der Waals surface area contributed by atoms with Gasteiger partial charge in [-0.05, 0) is 18.4 Å². The van der Waals surface area contributed by atoms with Crippen LogP contribution in [0.15, 0.2) is 18.3 Å². The molecule has 2 aromatic heterocycles. The van der Waals surface area contributed by atoms with Crippen LogP contribution in [0, 0.1) is 0 Å². The van der Waals surface area contributed by atoms with Crippen LogP contribution in [0.1, 0.15) is 34.3 Å². The van der Waals surface area contributed by atoms with Gasteiger partial charge in [-0.3, -0.25) is 0 Å². The van der Waals surface area contributed by atoms with Crippen LogP contribution in [0.3, 0.4) is 0 Å². The lowest BCUT2D eigenvalue weighted by Crippen LogP contribution is -2.19. The summed E-state index contributed by atoms with van der Waals surface area (Å²) in [6, 6.07) is 3.11. The number of nitrogens with one attached hydrogen (secondary N) is 1. The van der Waals surface area contributed by atoms with Crippen molar-refractivity contribution in [3.63, 3.8) is 0 Å². The molecule has 0 bridgehead atoms. The van der Waals surface area contributed by atoms with Gasteiger partial charge in [0.2, 0.25) is 5.88 Å². The van der Waals surface area contributed by atoms with Crippen LogP contribution >= 0.6 is 11.3 Å². The van der Waals surface area contributed by atoms with Crippen LogP contribution in [-0.4, -0.2) is 28.0 Å². The van der Waals surface area contributed by atoms with Crippen molar-refractivity contribution in [2.75, 3.05) is 6.61 Å². The first-order valence-corrected chi connectivity index (χ1v) is 7.99. The lowest BCUT2D eigenvalue weighted by molar-refractivity contribution is -0.154. The third kappa shape index (κ3) is 5.14. The van der Waals surface area contributed by atoms with Crippen molar-refractivity contribution in [2.45, 2.75) is 38.0 Å². The number of nitrogens with zero attached hydrogens (tertiary/aromatic N) is 3. The van der Waals surface area contributed by atoms with Gasteiger partial charge in [-0.15, -0.1) is 10.2 Å². The Kier molecular flexibility index (Phi) is 4.76. The minimum absolute atomic E-state index is 0.0377. The Morgan fingerprint density at radius 1 is 1.22 bits per heavy atom. The van der Waals surface area contributed by atoms with Crippen LogP contribution < -0.4 is 10.1 Å². The van der Waals surface area contributed by atoms with E-state index in [1.165, 1.54) is 25.1 Å². The summed E-state index contributed by atoms with van der Waals surface area (Å²) in [6.45, 7) is -0.181. The molecule has 23 heavy (non-hydrogen) atoms. The molecule has 9 heteroatoms. The molecule has 5 nitrogen and oxygen atoms in total. The summed E-state index contributed by atoms with van der Waals surface area (Å²) in [6.07, 6.45) is -0.454. The first kappa shape index (κ1) is 16.1. The maximum absolute atomic E-state index is 12.0. The first-order chi connectivity index (χ1) is 11.0. The molecule has 0 aliphatic heterocycles. The average molecular weight is 344 g/mol. The summed E-state index contributed by atoms with van der Waals surface area (Å²) in [5, 5.41) is 13.6. The lowest BCUT2D eigenvalue weighted by atomic mass is 10.3. The SMILES string of the molecule is FC(F)(F)COc1ccc(CNCc2nnc(C3CC3)s2)cn1. The Bertz CT molecular complexity index is 640. The molecule has 2 aromatic rings. The molecule has 1 fully saturated rings. The number of aromatic nitrogens is 3. The van der Waals surface area contributed by atoms with Crippen molar-refractivity contribution in [1.29, 1.82) is 0 Å². The van der Waals surface area contributed by atoms with E-state index < -0.39 is 12.8 Å². The van der Waals surface area contributed by atoms with Crippen molar-refractivity contribution in [3.8, 4) is 5.88 Å². The maximum Gasteiger partial charge on any atom is 0.422 e. The zero-order valence-electron chi connectivity index (χ0n) is 12.1. The molecule has 124 valence electrons. The Morgan fingerprint density at radius 2 is 2.04 bits per heavy atom. The van der Waals surface area contributed by atoms with E-state index in [2.05, 4.69) is 25.2 Å². The van der Waals surface area contributed by atoms with Gasteiger partial charge in [0.05, 0.1) is 0 Å². The largest absolute Gasteiger partial charge is 0.468 e. The third-order valence-electron chi connectivity index (χ3n) is 3.20. The van der Waals surface area contributed by atoms with E-state index >= 15 is 0 Å². The van der Waals surface area contributed by atoms with E-state index in [0.717, 1.165) is 15.6 Å². The molecule has 0 amide bonds. The predicted octanol–water partition coefficient (Wildman–Crippen LogP) is 3.04. The summed E-state index contributed by atoms with van der Waals surface area (Å²) in [5.74, 6) is 0.568. The van der Waals surface area contributed by atoms with E-state index in [1.54, 1.807) is 17.4 Å². The summed E-state index contributed by atoms with van der Waals surface area (Å²) >= 11 is 1.62. The number of hydrogen-bond donors (Lipinski definition) is 1. The van der Waals surface area contributed by atoms with Gasteiger partial charge in [-0.25, -0.2) is 4.98 Å². The number of ether oxygens (including phenoxy) is 1. The topological polar surface area (TPSA) is 59.9 Å². The number of halogens is 3. The number of rotatable bonds is 7. The first-order valence-electron chi connectivity index (χ1n) is 7.17. The molecule has 0 unspecified atom stereocenters. The molecule has 0 aromatic carbocycles. The normalized spacial score (nSPS) is 14.9. The molecule has 1 aliphatic rings. The predicted molar refractivity (Wildman–Crippen MR) is 78.2 cm³/mol. The molecule has 0 saturated heterocycles. The second kappa shape index (κ2) is 6.79. The van der Waals surface area contributed by atoms with Crippen LogP contribution in [0.25, 0.3) is 0 Å². The fourth-order valence-electron chi connectivity index (χ4n) is 1.90. The second-order valence-corrected chi connectivity index (χ2v) is 6.41. The number of hydrogen-bond acceptors (Lipinski definition) is 6. The van der Waals surface area contributed by atoms with Crippen molar-refractivity contribution < 1.29 is 17.9 Å². The Labute approximate surface area is 134 Å². The molecular formula is C14H15F3N4OS. The molecule has 1 saturated carbocycles. The van der Waals surface area contributed by atoms with Gasteiger partial charge in [-0.1, -0.05) is 17.4 Å². The summed E-state index contributed by atoms with van der Waals surface area (Å²) < 4.78 is 40.7. The fourth-order valence-corrected chi connectivity index (χ4v) is 2.89. The van der Waals surface area contributed by atoms with E-state index in [4.69, 9.17) is 0 Å². The quantitative estimate of drug-likeness (QED) is 0.837. The molecule has 0 atom stereocenters. The molecule has 2 heterocycles. The highest BCUT2D eigenvalue weighted by Crippen LogP contribution is 2.41. The Balaban J connectivity index is 1.42. The van der Waals surface area contributed by atoms with Crippen molar-refractivity contribution in [2.24, 2.45) is 0 Å². The average Bonchev–Trinajstić information content (AvgIpc) is 3.25. The monoisotopic (exact) mass is 344 g/mol. The van der Waals surface area contributed by atoms with E-state index in [1.807, 2.05) is 0 Å². The van der Waals surface area contributed by atoms with Crippen molar-refractivity contribution in [3.05, 3.63) is 33.9 Å². The van der Waals surface area contributed by atoms with Gasteiger partial charge in [-0.2, -0.15) is 13.2 Å². The minimum atomic E-state index is -4.36. The van der Waals surface area contributed by atoms with Gasteiger partial charge in [0.15, 0.2) is 6.61 Å². The van der Waals surface area contributed by atoms with Gasteiger partial charge >= 0.3 is 6.18 Å². The fraction of sp³-hybridized carbons (Fsp3) is 0.500.